The van der Waals surface area contributed by atoms with Crippen molar-refractivity contribution in [1.82, 2.24) is 10.2 Å². The van der Waals surface area contributed by atoms with Gasteiger partial charge in [0.05, 0.1) is 0 Å². The zero-order valence-electron chi connectivity index (χ0n) is 16.4. The van der Waals surface area contributed by atoms with Gasteiger partial charge in [-0.2, -0.15) is 0 Å². The zero-order chi connectivity index (χ0) is 18.9. The van der Waals surface area contributed by atoms with Crippen molar-refractivity contribution in [3.8, 4) is 0 Å². The molecule has 1 heterocycles. The van der Waals surface area contributed by atoms with Crippen molar-refractivity contribution in [2.75, 3.05) is 19.6 Å². The van der Waals surface area contributed by atoms with Crippen LogP contribution in [0.3, 0.4) is 0 Å². The quantitative estimate of drug-likeness (QED) is 0.248. The van der Waals surface area contributed by atoms with Gasteiger partial charge in [-0.05, 0) is 58.9 Å². The van der Waals surface area contributed by atoms with E-state index < -0.39 is 5.60 Å². The molecule has 0 bridgehead atoms. The van der Waals surface area contributed by atoms with Crippen LogP contribution in [-0.2, 0) is 11.2 Å². The van der Waals surface area contributed by atoms with Crippen molar-refractivity contribution in [2.45, 2.75) is 59.1 Å². The molecule has 1 amide bonds. The average Bonchev–Trinajstić information content (AvgIpc) is 2.98. The number of rotatable bonds is 8. The van der Waals surface area contributed by atoms with Crippen molar-refractivity contribution in [2.24, 2.45) is 10.7 Å². The highest BCUT2D eigenvalue weighted by atomic mass is 127. The van der Waals surface area contributed by atoms with Crippen LogP contribution >= 0.6 is 35.3 Å². The Morgan fingerprint density at radius 1 is 1.42 bits per heavy atom. The molecule has 0 aromatic carbocycles. The maximum Gasteiger partial charge on any atom is 0.410 e. The molecule has 0 radical (unpaired) electrons. The van der Waals surface area contributed by atoms with Crippen LogP contribution in [0.15, 0.2) is 22.5 Å². The van der Waals surface area contributed by atoms with E-state index >= 15 is 0 Å². The maximum atomic E-state index is 12.2. The summed E-state index contributed by atoms with van der Waals surface area (Å²) >= 11 is 1.74. The van der Waals surface area contributed by atoms with E-state index in [1.54, 1.807) is 16.2 Å². The second kappa shape index (κ2) is 12.4. The second-order valence-electron chi connectivity index (χ2n) is 7.14. The minimum Gasteiger partial charge on any atom is -0.444 e. The van der Waals surface area contributed by atoms with Gasteiger partial charge in [-0.1, -0.05) is 6.07 Å². The SMILES string of the molecule is CC(C)N(CCCN=C(N)NCCc1cccs1)C(=O)OC(C)(C)C.I. The number of thiophene rings is 1. The normalized spacial score (nSPS) is 11.8. The summed E-state index contributed by atoms with van der Waals surface area (Å²) in [4.78, 5) is 19.6. The van der Waals surface area contributed by atoms with Gasteiger partial charge in [0.15, 0.2) is 5.96 Å². The van der Waals surface area contributed by atoms with Gasteiger partial charge in [0.2, 0.25) is 0 Å². The molecule has 0 aliphatic heterocycles. The van der Waals surface area contributed by atoms with E-state index in [1.807, 2.05) is 40.7 Å². The van der Waals surface area contributed by atoms with Crippen molar-refractivity contribution in [3.63, 3.8) is 0 Å². The Balaban J connectivity index is 0.00000625. The summed E-state index contributed by atoms with van der Waals surface area (Å²) in [5.41, 5.74) is 5.38. The first-order valence-electron chi connectivity index (χ1n) is 8.75. The lowest BCUT2D eigenvalue weighted by molar-refractivity contribution is 0.0190. The number of nitrogens with two attached hydrogens (primary N) is 1. The van der Waals surface area contributed by atoms with E-state index in [4.69, 9.17) is 10.5 Å². The molecule has 3 N–H and O–H groups in total. The Morgan fingerprint density at radius 2 is 2.12 bits per heavy atom. The van der Waals surface area contributed by atoms with Crippen LogP contribution in [0, 0.1) is 0 Å². The third kappa shape index (κ3) is 10.8. The highest BCUT2D eigenvalue weighted by Crippen LogP contribution is 2.12. The number of halogens is 1. The van der Waals surface area contributed by atoms with E-state index in [1.165, 1.54) is 4.88 Å². The summed E-state index contributed by atoms with van der Waals surface area (Å²) < 4.78 is 5.44. The number of guanidine groups is 1. The number of hydrogen-bond donors (Lipinski definition) is 2. The Labute approximate surface area is 178 Å². The topological polar surface area (TPSA) is 80.0 Å². The van der Waals surface area contributed by atoms with E-state index in [0.717, 1.165) is 19.4 Å². The Morgan fingerprint density at radius 3 is 2.65 bits per heavy atom. The fraction of sp³-hybridized carbons (Fsp3) is 0.667. The van der Waals surface area contributed by atoms with Gasteiger partial charge in [-0.25, -0.2) is 4.79 Å². The molecule has 150 valence electrons. The lowest BCUT2D eigenvalue weighted by Crippen LogP contribution is -2.41. The minimum atomic E-state index is -0.487. The minimum absolute atomic E-state index is 0. The molecule has 8 heteroatoms. The molecule has 0 unspecified atom stereocenters. The fourth-order valence-corrected chi connectivity index (χ4v) is 2.85. The number of carbonyl (C=O) groups is 1. The first kappa shape index (κ1) is 25.0. The van der Waals surface area contributed by atoms with Crippen LogP contribution in [0.4, 0.5) is 4.79 Å². The molecule has 1 aromatic heterocycles. The number of amides is 1. The lowest BCUT2D eigenvalue weighted by Gasteiger charge is -2.30. The van der Waals surface area contributed by atoms with E-state index in [9.17, 15) is 4.79 Å². The number of aliphatic imine (C=N–C) groups is 1. The standard InChI is InChI=1S/C18H32N4O2S.HI/c1-14(2)22(17(23)24-18(3,4)5)12-7-10-20-16(19)21-11-9-15-8-6-13-25-15;/h6,8,13-14H,7,9-12H2,1-5H3,(H3,19,20,21);1H. The molecule has 6 nitrogen and oxygen atoms in total. The third-order valence-corrected chi connectivity index (χ3v) is 4.28. The van der Waals surface area contributed by atoms with Crippen molar-refractivity contribution >= 4 is 47.4 Å². The van der Waals surface area contributed by atoms with Crippen LogP contribution < -0.4 is 11.1 Å². The van der Waals surface area contributed by atoms with Gasteiger partial charge >= 0.3 is 6.09 Å². The predicted octanol–water partition coefficient (Wildman–Crippen LogP) is 3.85. The summed E-state index contributed by atoms with van der Waals surface area (Å²) in [5.74, 6) is 0.449. The Kier molecular flexibility index (Phi) is 11.9. The van der Waals surface area contributed by atoms with Crippen LogP contribution in [-0.4, -0.2) is 48.2 Å². The molecule has 1 aromatic rings. The number of carbonyl (C=O) groups excluding carboxylic acids is 1. The summed E-state index contributed by atoms with van der Waals surface area (Å²) in [7, 11) is 0. The molecule has 0 aliphatic rings. The number of nitrogens with one attached hydrogen (secondary N) is 1. The van der Waals surface area contributed by atoms with Crippen molar-refractivity contribution < 1.29 is 9.53 Å². The van der Waals surface area contributed by atoms with Crippen molar-refractivity contribution in [3.05, 3.63) is 22.4 Å². The summed E-state index contributed by atoms with van der Waals surface area (Å²) in [5, 5.41) is 5.18. The smallest absolute Gasteiger partial charge is 0.410 e. The molecule has 0 fully saturated rings. The fourth-order valence-electron chi connectivity index (χ4n) is 2.15. The third-order valence-electron chi connectivity index (χ3n) is 3.35. The number of ether oxygens (including phenoxy) is 1. The first-order valence-corrected chi connectivity index (χ1v) is 9.63. The van der Waals surface area contributed by atoms with Crippen LogP contribution in [0.2, 0.25) is 0 Å². The van der Waals surface area contributed by atoms with Crippen LogP contribution in [0.1, 0.15) is 45.9 Å². The van der Waals surface area contributed by atoms with Gasteiger partial charge < -0.3 is 20.7 Å². The Bertz CT molecular complexity index is 542. The van der Waals surface area contributed by atoms with Gasteiger partial charge in [0.25, 0.3) is 0 Å². The molecule has 1 rings (SSSR count). The maximum absolute atomic E-state index is 12.2. The zero-order valence-corrected chi connectivity index (χ0v) is 19.6. The van der Waals surface area contributed by atoms with E-state index in [-0.39, 0.29) is 36.1 Å². The Hall–Kier alpha value is -1.03. The summed E-state index contributed by atoms with van der Waals surface area (Å²) in [6.07, 6.45) is 1.40. The molecule has 26 heavy (non-hydrogen) atoms. The molecule has 0 saturated heterocycles. The van der Waals surface area contributed by atoms with Gasteiger partial charge in [0, 0.05) is 30.6 Å². The molecule has 0 atom stereocenters. The highest BCUT2D eigenvalue weighted by molar-refractivity contribution is 14.0. The second-order valence-corrected chi connectivity index (χ2v) is 8.18. The van der Waals surface area contributed by atoms with Gasteiger partial charge in [-0.3, -0.25) is 4.99 Å². The van der Waals surface area contributed by atoms with Gasteiger partial charge in [-0.15, -0.1) is 35.3 Å². The summed E-state index contributed by atoms with van der Waals surface area (Å²) in [6, 6.07) is 4.24. The van der Waals surface area contributed by atoms with Crippen molar-refractivity contribution in [1.29, 1.82) is 0 Å². The molecule has 0 spiro atoms. The first-order chi connectivity index (χ1) is 11.7. The van der Waals surface area contributed by atoms with Gasteiger partial charge in [0.1, 0.15) is 5.60 Å². The lowest BCUT2D eigenvalue weighted by atomic mass is 10.2. The van der Waals surface area contributed by atoms with Crippen LogP contribution in [0.25, 0.3) is 0 Å². The molecule has 0 aliphatic carbocycles. The molecular formula is C18H33IN4O2S. The molecule has 0 saturated carbocycles. The van der Waals surface area contributed by atoms with E-state index in [2.05, 4.69) is 21.8 Å². The average molecular weight is 496 g/mol. The van der Waals surface area contributed by atoms with Crippen LogP contribution in [0.5, 0.6) is 0 Å². The highest BCUT2D eigenvalue weighted by Gasteiger charge is 2.23. The number of nitrogens with zero attached hydrogens (tertiary/aromatic N) is 2. The van der Waals surface area contributed by atoms with E-state index in [0.29, 0.717) is 19.0 Å². The monoisotopic (exact) mass is 496 g/mol. The number of hydrogen-bond acceptors (Lipinski definition) is 4. The summed E-state index contributed by atoms with van der Waals surface area (Å²) in [6.45, 7) is 11.5. The predicted molar refractivity (Wildman–Crippen MR) is 121 cm³/mol. The molecular weight excluding hydrogens is 463 g/mol. The largest absolute Gasteiger partial charge is 0.444 e.